The third kappa shape index (κ3) is 4.54. The molecule has 1 amide bonds. The van der Waals surface area contributed by atoms with Gasteiger partial charge in [0.25, 0.3) is 0 Å². The van der Waals surface area contributed by atoms with Crippen molar-refractivity contribution in [3.8, 4) is 11.4 Å². The second-order valence-electron chi connectivity index (χ2n) is 7.87. The quantitative estimate of drug-likeness (QED) is 0.599. The van der Waals surface area contributed by atoms with Crippen LogP contribution < -0.4 is 0 Å². The average molecular weight is 450 g/mol. The van der Waals surface area contributed by atoms with Crippen molar-refractivity contribution in [1.82, 2.24) is 24.6 Å². The molecule has 30 heavy (non-hydrogen) atoms. The molecule has 1 unspecified atom stereocenters. The van der Waals surface area contributed by atoms with E-state index in [1.807, 2.05) is 28.5 Å². The highest BCUT2D eigenvalue weighted by atomic mass is 32.2. The molecule has 2 aromatic heterocycles. The molecule has 1 atom stereocenters. The lowest BCUT2D eigenvalue weighted by atomic mass is 10.1. The summed E-state index contributed by atoms with van der Waals surface area (Å²) in [5.74, 6) is 1.27. The Bertz CT molecular complexity index is 987. The molecular weight excluding hydrogens is 422 g/mol. The molecule has 2 aliphatic rings. The van der Waals surface area contributed by atoms with Gasteiger partial charge in [0.1, 0.15) is 0 Å². The summed E-state index contributed by atoms with van der Waals surface area (Å²) in [6.45, 7) is 2.71. The fourth-order valence-corrected chi connectivity index (χ4v) is 7.06. The molecule has 1 saturated heterocycles. The van der Waals surface area contributed by atoms with Gasteiger partial charge in [-0.25, -0.2) is 8.42 Å². The summed E-state index contributed by atoms with van der Waals surface area (Å²) in [5, 5.41) is 9.31. The first-order valence-electron chi connectivity index (χ1n) is 10.5. The number of pyridine rings is 1. The van der Waals surface area contributed by atoms with Gasteiger partial charge in [-0.05, 0) is 38.3 Å². The normalized spacial score (nSPS) is 21.2. The number of carbonyl (C=O) groups is 1. The highest BCUT2D eigenvalue weighted by Gasteiger charge is 2.39. The first-order valence-corrected chi connectivity index (χ1v) is 13.3. The van der Waals surface area contributed by atoms with Gasteiger partial charge in [0.2, 0.25) is 5.91 Å². The van der Waals surface area contributed by atoms with Crippen molar-refractivity contribution in [2.24, 2.45) is 0 Å². The molecule has 0 aromatic carbocycles. The van der Waals surface area contributed by atoms with Crippen molar-refractivity contribution < 1.29 is 13.2 Å². The Hall–Kier alpha value is -1.94. The number of nitrogens with zero attached hydrogens (tertiary/aromatic N) is 5. The molecule has 0 radical (unpaired) electrons. The Kier molecular flexibility index (Phi) is 6.43. The summed E-state index contributed by atoms with van der Waals surface area (Å²) in [5.41, 5.74) is 0.932. The second kappa shape index (κ2) is 9.05. The highest BCUT2D eigenvalue weighted by Crippen LogP contribution is 2.31. The van der Waals surface area contributed by atoms with Gasteiger partial charge in [0.15, 0.2) is 20.8 Å². The van der Waals surface area contributed by atoms with Gasteiger partial charge in [-0.2, -0.15) is 0 Å². The number of hydrogen-bond donors (Lipinski definition) is 0. The molecule has 4 rings (SSSR count). The summed E-state index contributed by atoms with van der Waals surface area (Å²) < 4.78 is 26.0. The van der Waals surface area contributed by atoms with Crippen LogP contribution in [0.4, 0.5) is 0 Å². The predicted octanol–water partition coefficient (Wildman–Crippen LogP) is 2.41. The van der Waals surface area contributed by atoms with Crippen molar-refractivity contribution >= 4 is 27.5 Å². The molecule has 0 spiro atoms. The number of thioether (sulfide) groups is 1. The van der Waals surface area contributed by atoms with Crippen molar-refractivity contribution in [3.05, 3.63) is 24.5 Å². The van der Waals surface area contributed by atoms with Crippen LogP contribution in [0.5, 0.6) is 0 Å². The number of carbonyl (C=O) groups excluding carboxylic acids is 1. The smallest absolute Gasteiger partial charge is 0.233 e. The number of sulfone groups is 1. The van der Waals surface area contributed by atoms with E-state index in [-0.39, 0.29) is 35.2 Å². The zero-order valence-corrected chi connectivity index (χ0v) is 18.7. The zero-order chi connectivity index (χ0) is 21.1. The average Bonchev–Trinajstić information content (AvgIpc) is 3.47. The zero-order valence-electron chi connectivity index (χ0n) is 17.1. The van der Waals surface area contributed by atoms with E-state index in [4.69, 9.17) is 0 Å². The highest BCUT2D eigenvalue weighted by molar-refractivity contribution is 7.99. The molecule has 10 heteroatoms. The van der Waals surface area contributed by atoms with Crippen LogP contribution in [0.3, 0.4) is 0 Å². The van der Waals surface area contributed by atoms with Gasteiger partial charge < -0.3 is 9.47 Å². The fraction of sp³-hybridized carbons (Fsp3) is 0.600. The summed E-state index contributed by atoms with van der Waals surface area (Å²) in [7, 11) is -3.04. The first-order chi connectivity index (χ1) is 14.5. The minimum Gasteiger partial charge on any atom is -0.335 e. The Morgan fingerprint density at radius 1 is 1.17 bits per heavy atom. The molecule has 8 nitrogen and oxygen atoms in total. The van der Waals surface area contributed by atoms with Crippen LogP contribution in [0.2, 0.25) is 0 Å². The van der Waals surface area contributed by atoms with Crippen LogP contribution in [0.15, 0.2) is 29.7 Å². The maximum Gasteiger partial charge on any atom is 0.233 e. The topological polar surface area (TPSA) is 98.1 Å². The van der Waals surface area contributed by atoms with Crippen LogP contribution in [0, 0.1) is 0 Å². The standard InChI is InChI=1S/C20H27N5O3S2/c1-2-24-19(15-7-10-21-11-8-15)22-23-20(24)29-13-18(26)25(16-5-3-4-6-16)17-9-12-30(27,28)14-17/h7-8,10-11,16-17H,2-6,9,12-14H2,1H3. The maximum absolute atomic E-state index is 13.2. The van der Waals surface area contributed by atoms with E-state index in [0.29, 0.717) is 18.1 Å². The van der Waals surface area contributed by atoms with Crippen LogP contribution in [-0.4, -0.2) is 68.3 Å². The summed E-state index contributed by atoms with van der Waals surface area (Å²) in [6, 6.07) is 3.74. The molecule has 3 heterocycles. The van der Waals surface area contributed by atoms with Gasteiger partial charge >= 0.3 is 0 Å². The minimum absolute atomic E-state index is 0.00474. The summed E-state index contributed by atoms with van der Waals surface area (Å²) in [4.78, 5) is 19.2. The van der Waals surface area contributed by atoms with Crippen LogP contribution in [0.25, 0.3) is 11.4 Å². The SMILES string of the molecule is CCn1c(SCC(=O)N(C2CCCC2)C2CCS(=O)(=O)C2)nnc1-c1ccncc1. The van der Waals surface area contributed by atoms with E-state index in [1.54, 1.807) is 12.4 Å². The Labute approximate surface area is 181 Å². The Morgan fingerprint density at radius 2 is 1.90 bits per heavy atom. The van der Waals surface area contributed by atoms with Gasteiger partial charge in [-0.1, -0.05) is 24.6 Å². The van der Waals surface area contributed by atoms with E-state index in [1.165, 1.54) is 11.8 Å². The Balaban J connectivity index is 1.49. The van der Waals surface area contributed by atoms with E-state index in [0.717, 1.165) is 37.1 Å². The second-order valence-corrected chi connectivity index (χ2v) is 11.0. The third-order valence-corrected chi connectivity index (χ3v) is 8.61. The molecule has 2 aromatic rings. The van der Waals surface area contributed by atoms with Crippen LogP contribution in [0.1, 0.15) is 39.0 Å². The molecule has 1 aliphatic heterocycles. The Morgan fingerprint density at radius 3 is 2.53 bits per heavy atom. The number of rotatable bonds is 7. The molecule has 0 N–H and O–H groups in total. The molecular formula is C20H27N5O3S2. The van der Waals surface area contributed by atoms with Crippen LogP contribution in [-0.2, 0) is 21.2 Å². The monoisotopic (exact) mass is 449 g/mol. The third-order valence-electron chi connectivity index (χ3n) is 5.90. The molecule has 2 fully saturated rings. The van der Waals surface area contributed by atoms with Gasteiger partial charge in [0, 0.05) is 36.6 Å². The molecule has 162 valence electrons. The minimum atomic E-state index is -3.04. The number of hydrogen-bond acceptors (Lipinski definition) is 7. The maximum atomic E-state index is 13.2. The van der Waals surface area contributed by atoms with E-state index in [2.05, 4.69) is 15.2 Å². The fourth-order valence-electron chi connectivity index (χ4n) is 4.48. The van der Waals surface area contributed by atoms with Crippen molar-refractivity contribution in [1.29, 1.82) is 0 Å². The molecule has 1 saturated carbocycles. The van der Waals surface area contributed by atoms with Gasteiger partial charge in [-0.3, -0.25) is 9.78 Å². The van der Waals surface area contributed by atoms with Gasteiger partial charge in [0.05, 0.1) is 17.3 Å². The van der Waals surface area contributed by atoms with Crippen molar-refractivity contribution in [2.75, 3.05) is 17.3 Å². The van der Waals surface area contributed by atoms with Crippen LogP contribution >= 0.6 is 11.8 Å². The van der Waals surface area contributed by atoms with E-state index in [9.17, 15) is 13.2 Å². The largest absolute Gasteiger partial charge is 0.335 e. The number of amides is 1. The lowest BCUT2D eigenvalue weighted by Crippen LogP contribution is -2.47. The lowest BCUT2D eigenvalue weighted by molar-refractivity contribution is -0.132. The van der Waals surface area contributed by atoms with Crippen molar-refractivity contribution in [2.45, 2.75) is 62.8 Å². The summed E-state index contributed by atoms with van der Waals surface area (Å²) in [6.07, 6.45) is 8.10. The molecule has 0 bridgehead atoms. The van der Waals surface area contributed by atoms with E-state index >= 15 is 0 Å². The van der Waals surface area contributed by atoms with E-state index < -0.39 is 9.84 Å². The summed E-state index contributed by atoms with van der Waals surface area (Å²) >= 11 is 1.37. The number of aromatic nitrogens is 4. The van der Waals surface area contributed by atoms with Crippen molar-refractivity contribution in [3.63, 3.8) is 0 Å². The molecule has 1 aliphatic carbocycles. The first kappa shape index (κ1) is 21.3. The lowest BCUT2D eigenvalue weighted by Gasteiger charge is -2.34. The predicted molar refractivity (Wildman–Crippen MR) is 116 cm³/mol. The van der Waals surface area contributed by atoms with Gasteiger partial charge in [-0.15, -0.1) is 10.2 Å².